The van der Waals surface area contributed by atoms with Crippen molar-refractivity contribution in [3.05, 3.63) is 41.5 Å². The van der Waals surface area contributed by atoms with E-state index in [-0.39, 0.29) is 22.5 Å². The van der Waals surface area contributed by atoms with Crippen LogP contribution in [0.15, 0.2) is 33.9 Å². The monoisotopic (exact) mass is 376 g/mol. The minimum atomic E-state index is -3.66. The van der Waals surface area contributed by atoms with Crippen molar-refractivity contribution in [2.75, 3.05) is 6.54 Å². The van der Waals surface area contributed by atoms with E-state index in [9.17, 15) is 13.2 Å². The molecule has 2 aliphatic carbocycles. The van der Waals surface area contributed by atoms with Gasteiger partial charge in [0.05, 0.1) is 0 Å². The Morgan fingerprint density at radius 3 is 2.88 bits per heavy atom. The minimum Gasteiger partial charge on any atom is -0.360 e. The molecule has 8 nitrogen and oxygen atoms in total. The summed E-state index contributed by atoms with van der Waals surface area (Å²) in [5.74, 6) is 0.983. The third-order valence-corrected chi connectivity index (χ3v) is 6.28. The van der Waals surface area contributed by atoms with E-state index in [1.807, 2.05) is 0 Å². The van der Waals surface area contributed by atoms with Gasteiger partial charge in [-0.25, -0.2) is 13.1 Å². The molecule has 9 heteroatoms. The van der Waals surface area contributed by atoms with E-state index < -0.39 is 10.0 Å². The lowest BCUT2D eigenvalue weighted by atomic mass is 9.92. The molecule has 2 aliphatic rings. The Morgan fingerprint density at radius 1 is 1.31 bits per heavy atom. The van der Waals surface area contributed by atoms with Crippen LogP contribution < -0.4 is 10.0 Å². The predicted octanol–water partition coefficient (Wildman–Crippen LogP) is 1.05. The van der Waals surface area contributed by atoms with Crippen LogP contribution in [0.25, 0.3) is 0 Å². The molecular weight excluding hydrogens is 356 g/mol. The van der Waals surface area contributed by atoms with Gasteiger partial charge < -0.3 is 9.84 Å². The Kier molecular flexibility index (Phi) is 4.49. The first-order valence-corrected chi connectivity index (χ1v) is 10.2. The zero-order valence-electron chi connectivity index (χ0n) is 14.1. The summed E-state index contributed by atoms with van der Waals surface area (Å²) in [6.07, 6.45) is 6.64. The Labute approximate surface area is 151 Å². The molecule has 0 aromatic carbocycles. The first-order chi connectivity index (χ1) is 12.5. The molecule has 0 bridgehead atoms. The number of carbonyl (C=O) groups excluding carboxylic acids is 1. The van der Waals surface area contributed by atoms with E-state index in [1.165, 1.54) is 18.5 Å². The summed E-state index contributed by atoms with van der Waals surface area (Å²) in [5.41, 5.74) is 0.967. The number of sulfonamides is 1. The highest BCUT2D eigenvalue weighted by Crippen LogP contribution is 2.28. The van der Waals surface area contributed by atoms with E-state index in [1.54, 1.807) is 6.07 Å². The van der Waals surface area contributed by atoms with Crippen molar-refractivity contribution in [1.29, 1.82) is 0 Å². The van der Waals surface area contributed by atoms with Gasteiger partial charge in [-0.3, -0.25) is 9.78 Å². The molecule has 1 saturated carbocycles. The maximum atomic E-state index is 12.5. The smallest absolute Gasteiger partial charge is 0.273 e. The first kappa shape index (κ1) is 17.2. The molecule has 2 aromatic rings. The van der Waals surface area contributed by atoms with Crippen molar-refractivity contribution in [3.63, 3.8) is 0 Å². The van der Waals surface area contributed by atoms with Crippen molar-refractivity contribution in [1.82, 2.24) is 20.2 Å². The average Bonchev–Trinajstić information content (AvgIpc) is 3.38. The summed E-state index contributed by atoms with van der Waals surface area (Å²) < 4.78 is 33.0. The molecule has 0 spiro atoms. The van der Waals surface area contributed by atoms with Crippen molar-refractivity contribution in [3.8, 4) is 0 Å². The van der Waals surface area contributed by atoms with Gasteiger partial charge in [0.15, 0.2) is 5.69 Å². The van der Waals surface area contributed by atoms with Gasteiger partial charge in [0.25, 0.3) is 5.91 Å². The highest BCUT2D eigenvalue weighted by atomic mass is 32.2. The molecule has 1 unspecified atom stereocenters. The number of aryl methyl sites for hydroxylation is 1. The summed E-state index contributed by atoms with van der Waals surface area (Å²) >= 11 is 0. The van der Waals surface area contributed by atoms with Gasteiger partial charge in [0.1, 0.15) is 10.7 Å². The van der Waals surface area contributed by atoms with Gasteiger partial charge in [-0.15, -0.1) is 0 Å². The van der Waals surface area contributed by atoms with Crippen LogP contribution in [-0.4, -0.2) is 37.1 Å². The lowest BCUT2D eigenvalue weighted by Crippen LogP contribution is -2.39. The van der Waals surface area contributed by atoms with Gasteiger partial charge in [0, 0.05) is 37.0 Å². The Balaban J connectivity index is 1.47. The molecule has 2 N–H and O–H groups in total. The number of carbonyl (C=O) groups is 1. The largest absolute Gasteiger partial charge is 0.360 e. The number of fused-ring (bicyclic) bond motifs is 1. The molecule has 26 heavy (non-hydrogen) atoms. The van der Waals surface area contributed by atoms with E-state index in [2.05, 4.69) is 20.2 Å². The highest BCUT2D eigenvalue weighted by Gasteiger charge is 2.31. The topological polar surface area (TPSA) is 114 Å². The zero-order chi connectivity index (χ0) is 18.1. The molecule has 2 aromatic heterocycles. The normalized spacial score (nSPS) is 19.8. The number of pyridine rings is 1. The summed E-state index contributed by atoms with van der Waals surface area (Å²) in [6.45, 7) is 0.650. The number of hydrogen-bond donors (Lipinski definition) is 2. The maximum absolute atomic E-state index is 12.5. The molecule has 0 radical (unpaired) electrons. The Hall–Kier alpha value is -2.26. The van der Waals surface area contributed by atoms with Crippen LogP contribution in [0.4, 0.5) is 0 Å². The highest BCUT2D eigenvalue weighted by molar-refractivity contribution is 7.89. The lowest BCUT2D eigenvalue weighted by molar-refractivity contribution is 0.0942. The molecule has 2 heterocycles. The van der Waals surface area contributed by atoms with Gasteiger partial charge in [-0.2, -0.15) is 0 Å². The summed E-state index contributed by atoms with van der Waals surface area (Å²) in [6, 6.07) is 2.76. The van der Waals surface area contributed by atoms with Gasteiger partial charge in [-0.1, -0.05) is 5.16 Å². The maximum Gasteiger partial charge on any atom is 0.273 e. The third kappa shape index (κ3) is 3.63. The van der Waals surface area contributed by atoms with Crippen molar-refractivity contribution in [2.24, 2.45) is 5.92 Å². The molecule has 1 amide bonds. The number of rotatable bonds is 6. The van der Waals surface area contributed by atoms with Crippen molar-refractivity contribution >= 4 is 15.9 Å². The summed E-state index contributed by atoms with van der Waals surface area (Å²) in [7, 11) is -3.66. The Morgan fingerprint density at radius 2 is 2.15 bits per heavy atom. The number of nitrogens with one attached hydrogen (secondary N) is 2. The molecule has 1 atom stereocenters. The summed E-state index contributed by atoms with van der Waals surface area (Å²) in [4.78, 5) is 16.3. The molecule has 4 rings (SSSR count). The van der Waals surface area contributed by atoms with Crippen LogP contribution in [0, 0.1) is 5.92 Å². The first-order valence-electron chi connectivity index (χ1n) is 8.71. The van der Waals surface area contributed by atoms with Crippen molar-refractivity contribution < 1.29 is 17.7 Å². The minimum absolute atomic E-state index is 0.124. The second kappa shape index (κ2) is 6.81. The van der Waals surface area contributed by atoms with Gasteiger partial charge in [-0.05, 0) is 43.7 Å². The van der Waals surface area contributed by atoms with E-state index in [0.717, 1.165) is 12.8 Å². The fraction of sp³-hybridized carbons (Fsp3) is 0.471. The molecular formula is C17H20N4O4S. The van der Waals surface area contributed by atoms with Gasteiger partial charge >= 0.3 is 0 Å². The SMILES string of the molecule is O=C(NCC1CC1)c1noc2c1CC(NS(=O)(=O)c1cccnc1)CC2. The average molecular weight is 376 g/mol. The number of nitrogens with zero attached hydrogens (tertiary/aromatic N) is 2. The molecule has 0 aliphatic heterocycles. The van der Waals surface area contributed by atoms with Gasteiger partial charge in [0.2, 0.25) is 10.0 Å². The predicted molar refractivity (Wildman–Crippen MR) is 91.9 cm³/mol. The molecule has 1 fully saturated rings. The number of amides is 1. The fourth-order valence-electron chi connectivity index (χ4n) is 3.12. The molecule has 0 saturated heterocycles. The van der Waals surface area contributed by atoms with Crippen LogP contribution in [0.2, 0.25) is 0 Å². The van der Waals surface area contributed by atoms with Crippen LogP contribution in [-0.2, 0) is 22.9 Å². The third-order valence-electron chi connectivity index (χ3n) is 4.77. The summed E-state index contributed by atoms with van der Waals surface area (Å²) in [5, 5.41) is 6.79. The van der Waals surface area contributed by atoms with Crippen molar-refractivity contribution in [2.45, 2.75) is 43.0 Å². The van der Waals surface area contributed by atoms with E-state index >= 15 is 0 Å². The molecule has 138 valence electrons. The lowest BCUT2D eigenvalue weighted by Gasteiger charge is -2.22. The van der Waals surface area contributed by atoms with Crippen LogP contribution in [0.1, 0.15) is 41.1 Å². The number of hydrogen-bond acceptors (Lipinski definition) is 6. The van der Waals surface area contributed by atoms with Crippen LogP contribution in [0.5, 0.6) is 0 Å². The second-order valence-electron chi connectivity index (χ2n) is 6.84. The quantitative estimate of drug-likeness (QED) is 0.779. The Bertz CT molecular complexity index is 906. The fourth-order valence-corrected chi connectivity index (χ4v) is 4.35. The van der Waals surface area contributed by atoms with Crippen LogP contribution in [0.3, 0.4) is 0 Å². The van der Waals surface area contributed by atoms with E-state index in [4.69, 9.17) is 4.52 Å². The second-order valence-corrected chi connectivity index (χ2v) is 8.55. The standard InChI is InChI=1S/C17H20N4O4S/c22-17(19-9-11-3-4-11)16-14-8-12(5-6-15(14)25-20-16)21-26(23,24)13-2-1-7-18-10-13/h1-2,7,10-12,21H,3-6,8-9H2,(H,19,22). The van der Waals surface area contributed by atoms with E-state index in [0.29, 0.717) is 43.0 Å². The number of aromatic nitrogens is 2. The zero-order valence-corrected chi connectivity index (χ0v) is 15.0. The van der Waals surface area contributed by atoms with Crippen LogP contribution >= 0.6 is 0 Å².